The molecule has 1 aromatic heterocycles. The highest BCUT2D eigenvalue weighted by molar-refractivity contribution is 7.89. The van der Waals surface area contributed by atoms with E-state index in [1.807, 2.05) is 0 Å². The number of hydrogen-bond acceptors (Lipinski definition) is 4. The second-order valence-corrected chi connectivity index (χ2v) is 5.27. The summed E-state index contributed by atoms with van der Waals surface area (Å²) in [4.78, 5) is 11.7. The van der Waals surface area contributed by atoms with Crippen molar-refractivity contribution in [2.24, 2.45) is 0 Å². The number of aromatic nitrogens is 2. The van der Waals surface area contributed by atoms with Crippen molar-refractivity contribution in [3.05, 3.63) is 48.2 Å². The van der Waals surface area contributed by atoms with Crippen LogP contribution in [-0.2, 0) is 10.0 Å². The molecule has 2 aromatic rings. The van der Waals surface area contributed by atoms with E-state index in [9.17, 15) is 13.2 Å². The van der Waals surface area contributed by atoms with Gasteiger partial charge in [-0.15, -0.1) is 0 Å². The highest BCUT2D eigenvalue weighted by Crippen LogP contribution is 2.03. The van der Waals surface area contributed by atoms with Gasteiger partial charge in [-0.3, -0.25) is 9.89 Å². The van der Waals surface area contributed by atoms with Crippen LogP contribution < -0.4 is 4.72 Å². The Morgan fingerprint density at radius 3 is 2.56 bits per heavy atom. The Morgan fingerprint density at radius 1 is 1.22 bits per heavy atom. The minimum atomic E-state index is -3.71. The maximum Gasteiger partial charge on any atom is 0.257 e. The van der Waals surface area contributed by atoms with E-state index in [-0.39, 0.29) is 17.4 Å². The highest BCUT2D eigenvalue weighted by atomic mass is 32.2. The van der Waals surface area contributed by atoms with Crippen LogP contribution >= 0.6 is 0 Å². The summed E-state index contributed by atoms with van der Waals surface area (Å²) in [5.41, 5.74) is 0.463. The Hall–Kier alpha value is -1.99. The number of rotatable bonds is 5. The molecule has 2 N–H and O–H groups in total. The second kappa shape index (κ2) is 5.11. The van der Waals surface area contributed by atoms with E-state index in [2.05, 4.69) is 14.9 Å². The van der Waals surface area contributed by atoms with E-state index in [0.29, 0.717) is 5.56 Å². The molecule has 6 nitrogen and oxygen atoms in total. The van der Waals surface area contributed by atoms with E-state index in [1.165, 1.54) is 12.3 Å². The van der Waals surface area contributed by atoms with Gasteiger partial charge in [0.25, 0.3) is 10.0 Å². The van der Waals surface area contributed by atoms with Crippen LogP contribution in [-0.4, -0.2) is 30.9 Å². The molecule has 7 heteroatoms. The number of benzene rings is 1. The monoisotopic (exact) mass is 265 g/mol. The number of hydrogen-bond donors (Lipinski definition) is 2. The molecule has 0 saturated heterocycles. The normalized spacial score (nSPS) is 11.3. The van der Waals surface area contributed by atoms with Gasteiger partial charge >= 0.3 is 0 Å². The first kappa shape index (κ1) is 12.5. The molecule has 1 aromatic carbocycles. The van der Waals surface area contributed by atoms with E-state index < -0.39 is 10.0 Å². The summed E-state index contributed by atoms with van der Waals surface area (Å²) in [5.74, 6) is -0.293. The lowest BCUT2D eigenvalue weighted by molar-refractivity contribution is 0.0997. The van der Waals surface area contributed by atoms with Gasteiger partial charge in [-0.25, -0.2) is 13.1 Å². The van der Waals surface area contributed by atoms with Gasteiger partial charge in [0, 0.05) is 5.56 Å². The number of Topliss-reactive ketones (excluding diaryl/α,β-unsaturated/α-hetero) is 1. The first-order chi connectivity index (χ1) is 8.59. The number of carbonyl (C=O) groups is 1. The van der Waals surface area contributed by atoms with Crippen LogP contribution in [0.1, 0.15) is 10.4 Å². The largest absolute Gasteiger partial charge is 0.293 e. The zero-order chi connectivity index (χ0) is 13.0. The molecule has 18 heavy (non-hydrogen) atoms. The zero-order valence-corrected chi connectivity index (χ0v) is 10.1. The number of sulfonamides is 1. The molecule has 0 atom stereocenters. The summed E-state index contributed by atoms with van der Waals surface area (Å²) in [6.45, 7) is -0.286. The Balaban J connectivity index is 2.03. The number of carbonyl (C=O) groups excluding carboxylic acids is 1. The molecule has 0 amide bonds. The second-order valence-electron chi connectivity index (χ2n) is 3.53. The average molecular weight is 265 g/mol. The van der Waals surface area contributed by atoms with Crippen molar-refractivity contribution in [2.45, 2.75) is 5.03 Å². The molecule has 0 unspecified atom stereocenters. The van der Waals surface area contributed by atoms with Crippen molar-refractivity contribution in [1.29, 1.82) is 0 Å². The highest BCUT2D eigenvalue weighted by Gasteiger charge is 2.16. The summed E-state index contributed by atoms with van der Waals surface area (Å²) < 4.78 is 25.6. The third-order valence-corrected chi connectivity index (χ3v) is 3.61. The van der Waals surface area contributed by atoms with Crippen molar-refractivity contribution in [2.75, 3.05) is 6.54 Å². The molecule has 0 saturated carbocycles. The quantitative estimate of drug-likeness (QED) is 0.773. The molecule has 0 aliphatic carbocycles. The van der Waals surface area contributed by atoms with Gasteiger partial charge in [-0.1, -0.05) is 30.3 Å². The lowest BCUT2D eigenvalue weighted by Crippen LogP contribution is -2.29. The molecule has 94 valence electrons. The minimum Gasteiger partial charge on any atom is -0.293 e. The molecule has 0 spiro atoms. The predicted octanol–water partition coefficient (Wildman–Crippen LogP) is 0.571. The van der Waals surface area contributed by atoms with Crippen LogP contribution in [0.25, 0.3) is 0 Å². The zero-order valence-electron chi connectivity index (χ0n) is 9.33. The van der Waals surface area contributed by atoms with E-state index in [1.54, 1.807) is 30.3 Å². The van der Waals surface area contributed by atoms with Gasteiger partial charge < -0.3 is 0 Å². The fourth-order valence-electron chi connectivity index (χ4n) is 1.36. The van der Waals surface area contributed by atoms with E-state index in [0.717, 1.165) is 0 Å². The van der Waals surface area contributed by atoms with E-state index in [4.69, 9.17) is 0 Å². The maximum absolute atomic E-state index is 11.7. The maximum atomic E-state index is 11.7. The third kappa shape index (κ3) is 2.82. The Morgan fingerprint density at radius 2 is 1.94 bits per heavy atom. The molecule has 0 aliphatic rings. The molecule has 2 rings (SSSR count). The standard InChI is InChI=1S/C11H11N3O3S/c15-10(9-4-2-1-3-5-9)8-13-18(16,17)11-6-7-12-14-11/h1-7,13H,8H2,(H,12,14). The topological polar surface area (TPSA) is 91.9 Å². The first-order valence-electron chi connectivity index (χ1n) is 5.17. The van der Waals surface area contributed by atoms with Crippen LogP contribution in [0.3, 0.4) is 0 Å². The first-order valence-corrected chi connectivity index (χ1v) is 6.65. The van der Waals surface area contributed by atoms with Crippen molar-refractivity contribution >= 4 is 15.8 Å². The number of ketones is 1. The van der Waals surface area contributed by atoms with Crippen LogP contribution in [0, 0.1) is 0 Å². The summed E-state index contributed by atoms with van der Waals surface area (Å²) in [5, 5.41) is 5.81. The van der Waals surface area contributed by atoms with Gasteiger partial charge in [0.2, 0.25) is 0 Å². The van der Waals surface area contributed by atoms with Crippen molar-refractivity contribution in [3.8, 4) is 0 Å². The van der Waals surface area contributed by atoms with Gasteiger partial charge in [-0.05, 0) is 6.07 Å². The number of nitrogens with one attached hydrogen (secondary N) is 2. The Kier molecular flexibility index (Phi) is 3.54. The van der Waals surface area contributed by atoms with E-state index >= 15 is 0 Å². The van der Waals surface area contributed by atoms with Gasteiger partial charge in [0.1, 0.15) is 0 Å². The van der Waals surface area contributed by atoms with Crippen molar-refractivity contribution in [1.82, 2.24) is 14.9 Å². The Labute approximate surface area is 104 Å². The molecule has 0 fully saturated rings. The van der Waals surface area contributed by atoms with Gasteiger partial charge in [0.05, 0.1) is 12.7 Å². The number of nitrogens with zero attached hydrogens (tertiary/aromatic N) is 1. The van der Waals surface area contributed by atoms with Crippen molar-refractivity contribution < 1.29 is 13.2 Å². The predicted molar refractivity (Wildman–Crippen MR) is 64.5 cm³/mol. The van der Waals surface area contributed by atoms with Crippen LogP contribution in [0.4, 0.5) is 0 Å². The van der Waals surface area contributed by atoms with Crippen LogP contribution in [0.2, 0.25) is 0 Å². The summed E-state index contributed by atoms with van der Waals surface area (Å²) in [7, 11) is -3.71. The smallest absolute Gasteiger partial charge is 0.257 e. The SMILES string of the molecule is O=C(CNS(=O)(=O)c1ccn[nH]1)c1ccccc1. The van der Waals surface area contributed by atoms with Gasteiger partial charge in [-0.2, -0.15) is 5.10 Å². The summed E-state index contributed by atoms with van der Waals surface area (Å²) in [6.07, 6.45) is 1.33. The Bertz CT molecular complexity index is 621. The third-order valence-electron chi connectivity index (χ3n) is 2.28. The van der Waals surface area contributed by atoms with Crippen molar-refractivity contribution in [3.63, 3.8) is 0 Å². The van der Waals surface area contributed by atoms with Gasteiger partial charge in [0.15, 0.2) is 10.8 Å². The fraction of sp³-hybridized carbons (Fsp3) is 0.0909. The molecule has 1 heterocycles. The molecule has 0 aliphatic heterocycles. The lowest BCUT2D eigenvalue weighted by atomic mass is 10.1. The number of H-pyrrole nitrogens is 1. The summed E-state index contributed by atoms with van der Waals surface area (Å²) in [6, 6.07) is 9.80. The average Bonchev–Trinajstić information content (AvgIpc) is 2.92. The molecular formula is C11H11N3O3S. The van der Waals surface area contributed by atoms with Crippen LogP contribution in [0.15, 0.2) is 47.6 Å². The number of aromatic amines is 1. The minimum absolute atomic E-state index is 0.0663. The lowest BCUT2D eigenvalue weighted by Gasteiger charge is -2.03. The summed E-state index contributed by atoms with van der Waals surface area (Å²) >= 11 is 0. The fourth-order valence-corrected chi connectivity index (χ4v) is 2.25. The van der Waals surface area contributed by atoms with Crippen LogP contribution in [0.5, 0.6) is 0 Å². The molecule has 0 radical (unpaired) electrons. The molecule has 0 bridgehead atoms. The molecular weight excluding hydrogens is 254 g/mol.